The second kappa shape index (κ2) is 39.3. The van der Waals surface area contributed by atoms with Crippen molar-refractivity contribution in [3.8, 4) is 0 Å². The van der Waals surface area contributed by atoms with Crippen LogP contribution in [0.5, 0.6) is 0 Å². The Morgan fingerprint density at radius 3 is 1.50 bits per heavy atom. The molecule has 0 heterocycles. The van der Waals surface area contributed by atoms with Gasteiger partial charge in [-0.2, -0.15) is 0 Å². The minimum atomic E-state index is -4.73. The molecule has 0 aliphatic carbocycles. The van der Waals surface area contributed by atoms with Crippen LogP contribution in [0.3, 0.4) is 0 Å². The highest BCUT2D eigenvalue weighted by Gasteiger charge is 2.28. The number of esters is 2. The fourth-order valence-electron chi connectivity index (χ4n) is 5.59. The molecular formula is C44H78NO10P. The highest BCUT2D eigenvalue weighted by molar-refractivity contribution is 7.47. The van der Waals surface area contributed by atoms with Gasteiger partial charge in [0.15, 0.2) is 6.10 Å². The molecule has 12 heteroatoms. The molecule has 4 N–H and O–H groups in total. The molecule has 0 amide bonds. The molecule has 324 valence electrons. The van der Waals surface area contributed by atoms with Gasteiger partial charge >= 0.3 is 25.7 Å². The molecule has 0 radical (unpaired) electrons. The van der Waals surface area contributed by atoms with Crippen LogP contribution in [0.15, 0.2) is 48.6 Å². The summed E-state index contributed by atoms with van der Waals surface area (Å²) >= 11 is 0. The van der Waals surface area contributed by atoms with Crippen molar-refractivity contribution < 1.29 is 47.5 Å². The Balaban J connectivity index is 4.43. The molecule has 0 aromatic heterocycles. The summed E-state index contributed by atoms with van der Waals surface area (Å²) in [5.74, 6) is -2.44. The molecule has 0 saturated heterocycles. The minimum Gasteiger partial charge on any atom is -0.480 e. The Morgan fingerprint density at radius 2 is 0.946 bits per heavy atom. The Bertz CT molecular complexity index is 1140. The number of aliphatic carboxylic acids is 1. The van der Waals surface area contributed by atoms with Gasteiger partial charge in [0, 0.05) is 12.8 Å². The van der Waals surface area contributed by atoms with Gasteiger partial charge in [-0.3, -0.25) is 23.4 Å². The summed E-state index contributed by atoms with van der Waals surface area (Å²) < 4.78 is 32.6. The number of allylic oxidation sites excluding steroid dienone is 8. The lowest BCUT2D eigenvalue weighted by molar-refractivity contribution is -0.161. The lowest BCUT2D eigenvalue weighted by atomic mass is 10.1. The van der Waals surface area contributed by atoms with E-state index in [-0.39, 0.29) is 19.4 Å². The van der Waals surface area contributed by atoms with Crippen molar-refractivity contribution in [1.82, 2.24) is 0 Å². The number of carbonyl (C=O) groups is 3. The quantitative estimate of drug-likeness (QED) is 0.0233. The first-order valence-corrected chi connectivity index (χ1v) is 23.2. The van der Waals surface area contributed by atoms with Crippen molar-refractivity contribution >= 4 is 25.7 Å². The average Bonchev–Trinajstić information content (AvgIpc) is 3.17. The van der Waals surface area contributed by atoms with Crippen LogP contribution in [0.2, 0.25) is 0 Å². The zero-order valence-corrected chi connectivity index (χ0v) is 35.9. The Kier molecular flexibility index (Phi) is 37.5. The van der Waals surface area contributed by atoms with Crippen LogP contribution >= 0.6 is 7.82 Å². The number of ether oxygens (including phenoxy) is 2. The second-order valence-corrected chi connectivity index (χ2v) is 15.9. The number of hydrogen-bond donors (Lipinski definition) is 3. The Hall–Kier alpha value is -2.56. The molecule has 3 atom stereocenters. The molecule has 0 spiro atoms. The number of carboxylic acid groups (broad SMARTS) is 1. The van der Waals surface area contributed by atoms with Crippen molar-refractivity contribution in [3.63, 3.8) is 0 Å². The predicted molar refractivity (Wildman–Crippen MR) is 226 cm³/mol. The Morgan fingerprint density at radius 1 is 0.554 bits per heavy atom. The van der Waals surface area contributed by atoms with Gasteiger partial charge in [0.25, 0.3) is 0 Å². The fourth-order valence-corrected chi connectivity index (χ4v) is 6.37. The van der Waals surface area contributed by atoms with Gasteiger partial charge in [-0.1, -0.05) is 140 Å². The number of carbonyl (C=O) groups excluding carboxylic acids is 2. The molecule has 56 heavy (non-hydrogen) atoms. The van der Waals surface area contributed by atoms with E-state index < -0.39 is 51.1 Å². The third kappa shape index (κ3) is 38.3. The van der Waals surface area contributed by atoms with Crippen LogP contribution in [-0.4, -0.2) is 59.9 Å². The molecule has 1 unspecified atom stereocenters. The zero-order chi connectivity index (χ0) is 41.4. The van der Waals surface area contributed by atoms with Gasteiger partial charge in [0.05, 0.1) is 13.2 Å². The Labute approximate surface area is 339 Å². The minimum absolute atomic E-state index is 0.111. The molecule has 0 rings (SSSR count). The van der Waals surface area contributed by atoms with Crippen molar-refractivity contribution in [1.29, 1.82) is 0 Å². The van der Waals surface area contributed by atoms with Gasteiger partial charge in [0.1, 0.15) is 12.6 Å². The third-order valence-corrected chi connectivity index (χ3v) is 10.0. The van der Waals surface area contributed by atoms with Crippen LogP contribution in [0.1, 0.15) is 181 Å². The molecule has 0 aliphatic rings. The van der Waals surface area contributed by atoms with Crippen LogP contribution in [0.25, 0.3) is 0 Å². The number of unbranched alkanes of at least 4 members (excludes halogenated alkanes) is 18. The van der Waals surface area contributed by atoms with Gasteiger partial charge in [-0.15, -0.1) is 0 Å². The second-order valence-electron chi connectivity index (χ2n) is 14.5. The normalized spacial score (nSPS) is 14.2. The largest absolute Gasteiger partial charge is 0.480 e. The van der Waals surface area contributed by atoms with E-state index in [9.17, 15) is 23.8 Å². The summed E-state index contributed by atoms with van der Waals surface area (Å²) in [5, 5.41) is 8.88. The van der Waals surface area contributed by atoms with Crippen molar-refractivity contribution in [2.45, 2.75) is 193 Å². The zero-order valence-electron chi connectivity index (χ0n) is 35.0. The first-order chi connectivity index (χ1) is 27.1. The summed E-state index contributed by atoms with van der Waals surface area (Å²) in [7, 11) is -4.73. The van der Waals surface area contributed by atoms with Gasteiger partial charge < -0.3 is 25.2 Å². The molecule has 0 saturated carbocycles. The number of rotatable bonds is 40. The van der Waals surface area contributed by atoms with Crippen LogP contribution in [-0.2, 0) is 37.5 Å². The molecule has 0 aromatic carbocycles. The summed E-state index contributed by atoms with van der Waals surface area (Å²) in [4.78, 5) is 45.9. The lowest BCUT2D eigenvalue weighted by Crippen LogP contribution is -2.34. The summed E-state index contributed by atoms with van der Waals surface area (Å²) in [5.41, 5.74) is 5.33. The fraction of sp³-hybridized carbons (Fsp3) is 0.750. The lowest BCUT2D eigenvalue weighted by Gasteiger charge is -2.20. The number of hydrogen-bond acceptors (Lipinski definition) is 9. The van der Waals surface area contributed by atoms with E-state index in [0.717, 1.165) is 57.8 Å². The maximum atomic E-state index is 12.6. The first kappa shape index (κ1) is 53.4. The maximum Gasteiger partial charge on any atom is 0.472 e. The summed E-state index contributed by atoms with van der Waals surface area (Å²) in [6.45, 7) is 2.72. The van der Waals surface area contributed by atoms with E-state index in [2.05, 4.69) is 67.0 Å². The molecule has 0 fully saturated rings. The highest BCUT2D eigenvalue weighted by Crippen LogP contribution is 2.43. The number of nitrogens with two attached hydrogens (primary N) is 1. The third-order valence-electron chi connectivity index (χ3n) is 9.05. The standard InChI is InChI=1S/C44H78NO10P/c1-3-5-7-9-11-13-15-17-19-20-22-23-25-27-29-31-33-35-42(46)52-37-40(38-53-56(50,51)54-39-41(45)44(48)49)55-43(47)36-34-32-30-28-26-24-21-18-16-14-12-10-8-6-4-2/h12,14,17-19,21,26,28,40-41H,3-11,13,15-16,20,22-25,27,29-39,45H2,1-2H3,(H,48,49)(H,50,51)/b14-12-,19-17-,21-18-,28-26-/t40-,41+/m1/s1. The van der Waals surface area contributed by atoms with E-state index in [1.54, 1.807) is 0 Å². The van der Waals surface area contributed by atoms with E-state index in [1.165, 1.54) is 83.5 Å². The molecular weight excluding hydrogens is 733 g/mol. The van der Waals surface area contributed by atoms with Gasteiger partial charge in [-0.05, 0) is 77.0 Å². The van der Waals surface area contributed by atoms with Crippen LogP contribution < -0.4 is 5.73 Å². The monoisotopic (exact) mass is 812 g/mol. The van der Waals surface area contributed by atoms with E-state index in [4.69, 9.17) is 24.8 Å². The highest BCUT2D eigenvalue weighted by atomic mass is 31.2. The topological polar surface area (TPSA) is 172 Å². The molecule has 11 nitrogen and oxygen atoms in total. The maximum absolute atomic E-state index is 12.6. The van der Waals surface area contributed by atoms with Crippen molar-refractivity contribution in [2.24, 2.45) is 5.73 Å². The average molecular weight is 812 g/mol. The van der Waals surface area contributed by atoms with Gasteiger partial charge in [0.2, 0.25) is 0 Å². The summed E-state index contributed by atoms with van der Waals surface area (Å²) in [6, 6.07) is -1.53. The number of phosphoric ester groups is 1. The SMILES string of the molecule is CCCCC/C=C\C/C=C\C/C=C\CCCCC(=O)O[C@H](COC(=O)CCCCCCCCC/C=C\CCCCCCCC)COP(=O)(O)OC[C@H](N)C(=O)O. The van der Waals surface area contributed by atoms with Gasteiger partial charge in [-0.25, -0.2) is 4.57 Å². The number of phosphoric acid groups is 1. The molecule has 0 aromatic rings. The van der Waals surface area contributed by atoms with E-state index >= 15 is 0 Å². The molecule has 0 bridgehead atoms. The van der Waals surface area contributed by atoms with Crippen LogP contribution in [0.4, 0.5) is 0 Å². The van der Waals surface area contributed by atoms with E-state index in [1.807, 2.05) is 0 Å². The smallest absolute Gasteiger partial charge is 0.472 e. The van der Waals surface area contributed by atoms with Crippen LogP contribution in [0, 0.1) is 0 Å². The first-order valence-electron chi connectivity index (χ1n) is 21.7. The predicted octanol–water partition coefficient (Wildman–Crippen LogP) is 11.4. The number of carboxylic acids is 1. The van der Waals surface area contributed by atoms with Crippen molar-refractivity contribution in [2.75, 3.05) is 19.8 Å². The summed E-state index contributed by atoms with van der Waals surface area (Å²) in [6.07, 6.45) is 43.2. The molecule has 0 aliphatic heterocycles. The van der Waals surface area contributed by atoms with E-state index in [0.29, 0.717) is 12.8 Å². The van der Waals surface area contributed by atoms with Crippen molar-refractivity contribution in [3.05, 3.63) is 48.6 Å².